The molecule has 86 valence electrons. The third kappa shape index (κ3) is 1.47. The third-order valence-electron chi connectivity index (χ3n) is 3.70. The molecular formula is C13H18N2O. The van der Waals surface area contributed by atoms with Crippen molar-refractivity contribution in [2.24, 2.45) is 0 Å². The maximum Gasteiger partial charge on any atom is 0.0766 e. The van der Waals surface area contributed by atoms with Gasteiger partial charge in [-0.25, -0.2) is 0 Å². The lowest BCUT2D eigenvalue weighted by Crippen LogP contribution is -2.39. The van der Waals surface area contributed by atoms with Crippen LogP contribution in [-0.4, -0.2) is 32.3 Å². The minimum atomic E-state index is 0.388. The maximum absolute atomic E-state index is 5.47. The fourth-order valence-electron chi connectivity index (χ4n) is 2.80. The van der Waals surface area contributed by atoms with Crippen molar-refractivity contribution in [2.45, 2.75) is 25.5 Å². The molecule has 1 fully saturated rings. The van der Waals surface area contributed by atoms with Gasteiger partial charge >= 0.3 is 0 Å². The average molecular weight is 218 g/mol. The quantitative estimate of drug-likeness (QED) is 0.780. The normalized spacial score (nSPS) is 27.2. The first kappa shape index (κ1) is 9.97. The fourth-order valence-corrected chi connectivity index (χ4v) is 2.80. The molecule has 2 aliphatic rings. The molecule has 1 aromatic rings. The smallest absolute Gasteiger partial charge is 0.0766 e. The second-order valence-electron chi connectivity index (χ2n) is 4.80. The van der Waals surface area contributed by atoms with E-state index in [1.807, 2.05) is 7.11 Å². The summed E-state index contributed by atoms with van der Waals surface area (Å²) in [4.78, 5) is 2.49. The Morgan fingerprint density at radius 1 is 1.44 bits per heavy atom. The highest BCUT2D eigenvalue weighted by atomic mass is 16.5. The lowest BCUT2D eigenvalue weighted by atomic mass is 10.1. The number of benzene rings is 1. The first-order valence-electron chi connectivity index (χ1n) is 5.92. The molecule has 3 rings (SSSR count). The van der Waals surface area contributed by atoms with Gasteiger partial charge in [0.05, 0.1) is 17.5 Å². The van der Waals surface area contributed by atoms with Crippen LogP contribution >= 0.6 is 0 Å². The van der Waals surface area contributed by atoms with Crippen LogP contribution in [0.3, 0.4) is 0 Å². The monoisotopic (exact) mass is 218 g/mol. The largest absolute Gasteiger partial charge is 0.381 e. The summed E-state index contributed by atoms with van der Waals surface area (Å²) in [6.07, 6.45) is 1.52. The number of anilines is 2. The van der Waals surface area contributed by atoms with E-state index in [0.29, 0.717) is 12.1 Å². The van der Waals surface area contributed by atoms with Crippen molar-refractivity contribution in [1.29, 1.82) is 0 Å². The van der Waals surface area contributed by atoms with Crippen molar-refractivity contribution >= 4 is 11.4 Å². The Kier molecular flexibility index (Phi) is 2.28. The highest BCUT2D eigenvalue weighted by Crippen LogP contribution is 2.36. The van der Waals surface area contributed by atoms with Crippen LogP contribution in [0.5, 0.6) is 0 Å². The molecule has 2 aliphatic heterocycles. The second kappa shape index (κ2) is 3.67. The summed E-state index contributed by atoms with van der Waals surface area (Å²) >= 11 is 0. The van der Waals surface area contributed by atoms with Gasteiger partial charge in [-0.15, -0.1) is 0 Å². The summed E-state index contributed by atoms with van der Waals surface area (Å²) in [5.74, 6) is 0. The zero-order chi connectivity index (χ0) is 11.1. The Morgan fingerprint density at radius 2 is 2.31 bits per heavy atom. The maximum atomic E-state index is 5.47. The van der Waals surface area contributed by atoms with Crippen molar-refractivity contribution in [3.05, 3.63) is 23.8 Å². The highest BCUT2D eigenvalue weighted by molar-refractivity contribution is 5.74. The van der Waals surface area contributed by atoms with E-state index < -0.39 is 0 Å². The number of nitrogens with one attached hydrogen (secondary N) is 1. The van der Waals surface area contributed by atoms with E-state index in [9.17, 15) is 0 Å². The number of aryl methyl sites for hydroxylation is 1. The molecule has 3 heteroatoms. The Hall–Kier alpha value is -1.22. The molecule has 0 aliphatic carbocycles. The molecule has 3 nitrogen and oxygen atoms in total. The fraction of sp³-hybridized carbons (Fsp3) is 0.538. The predicted molar refractivity (Wildman–Crippen MR) is 66.2 cm³/mol. The molecule has 0 spiro atoms. The van der Waals surface area contributed by atoms with E-state index >= 15 is 0 Å². The van der Waals surface area contributed by atoms with Gasteiger partial charge < -0.3 is 15.0 Å². The molecule has 0 aromatic heterocycles. The van der Waals surface area contributed by atoms with Crippen molar-refractivity contribution in [3.8, 4) is 0 Å². The number of rotatable bonds is 1. The molecule has 2 heterocycles. The number of fused-ring (bicyclic) bond motifs is 3. The van der Waals surface area contributed by atoms with Gasteiger partial charge in [-0.3, -0.25) is 0 Å². The molecule has 2 atom stereocenters. The molecule has 0 amide bonds. The molecule has 0 saturated carbocycles. The lowest BCUT2D eigenvalue weighted by molar-refractivity contribution is 0.118. The van der Waals surface area contributed by atoms with E-state index in [1.165, 1.54) is 16.9 Å². The number of methoxy groups -OCH3 is 1. The minimum absolute atomic E-state index is 0.388. The number of ether oxygens (including phenoxy) is 1. The van der Waals surface area contributed by atoms with Gasteiger partial charge in [0.25, 0.3) is 0 Å². The molecular weight excluding hydrogens is 200 g/mol. The Balaban J connectivity index is 1.94. The molecule has 1 saturated heterocycles. The average Bonchev–Trinajstić information content (AvgIpc) is 2.71. The van der Waals surface area contributed by atoms with Crippen molar-refractivity contribution in [2.75, 3.05) is 30.4 Å². The lowest BCUT2D eigenvalue weighted by Gasteiger charge is -2.34. The van der Waals surface area contributed by atoms with Crippen LogP contribution in [0.1, 0.15) is 12.0 Å². The Labute approximate surface area is 96.4 Å². The van der Waals surface area contributed by atoms with Gasteiger partial charge in [0.1, 0.15) is 0 Å². The molecule has 2 unspecified atom stereocenters. The summed E-state index contributed by atoms with van der Waals surface area (Å²) in [5, 5.41) is 3.52. The van der Waals surface area contributed by atoms with Gasteiger partial charge in [-0.05, 0) is 31.0 Å². The van der Waals surface area contributed by atoms with Crippen molar-refractivity contribution in [1.82, 2.24) is 0 Å². The topological polar surface area (TPSA) is 24.5 Å². The first-order valence-corrected chi connectivity index (χ1v) is 5.92. The summed E-state index contributed by atoms with van der Waals surface area (Å²) in [6, 6.07) is 7.23. The van der Waals surface area contributed by atoms with Crippen LogP contribution < -0.4 is 10.2 Å². The zero-order valence-electron chi connectivity index (χ0n) is 9.86. The number of hydrogen-bond donors (Lipinski definition) is 1. The van der Waals surface area contributed by atoms with E-state index in [2.05, 4.69) is 35.3 Å². The summed E-state index contributed by atoms with van der Waals surface area (Å²) in [5.41, 5.74) is 3.92. The van der Waals surface area contributed by atoms with Crippen LogP contribution in [0.15, 0.2) is 18.2 Å². The standard InChI is InChI=1S/C13H18N2O/c1-9-3-4-13-12(5-9)14-7-10-6-11(16-2)8-15(10)13/h3-5,10-11,14H,6-8H2,1-2H3. The summed E-state index contributed by atoms with van der Waals surface area (Å²) in [6.45, 7) is 4.20. The van der Waals surface area contributed by atoms with Crippen molar-refractivity contribution < 1.29 is 4.74 Å². The van der Waals surface area contributed by atoms with E-state index in [0.717, 1.165) is 19.5 Å². The molecule has 0 radical (unpaired) electrons. The van der Waals surface area contributed by atoms with E-state index in [1.54, 1.807) is 0 Å². The van der Waals surface area contributed by atoms with Gasteiger partial charge in [-0.1, -0.05) is 6.07 Å². The highest BCUT2D eigenvalue weighted by Gasteiger charge is 2.35. The number of nitrogens with zero attached hydrogens (tertiary/aromatic N) is 1. The van der Waals surface area contributed by atoms with Crippen LogP contribution in [-0.2, 0) is 4.74 Å². The molecule has 1 aromatic carbocycles. The van der Waals surface area contributed by atoms with Crippen LogP contribution in [0.25, 0.3) is 0 Å². The van der Waals surface area contributed by atoms with Crippen LogP contribution in [0.4, 0.5) is 11.4 Å². The van der Waals surface area contributed by atoms with E-state index in [-0.39, 0.29) is 0 Å². The SMILES string of the molecule is COC1CC2CNc3cc(C)ccc3N2C1. The zero-order valence-corrected chi connectivity index (χ0v) is 9.86. The van der Waals surface area contributed by atoms with Gasteiger partial charge in [-0.2, -0.15) is 0 Å². The van der Waals surface area contributed by atoms with Crippen LogP contribution in [0, 0.1) is 6.92 Å². The minimum Gasteiger partial charge on any atom is -0.381 e. The third-order valence-corrected chi connectivity index (χ3v) is 3.70. The van der Waals surface area contributed by atoms with Gasteiger partial charge in [0, 0.05) is 26.2 Å². The summed E-state index contributed by atoms with van der Waals surface area (Å²) < 4.78 is 5.47. The van der Waals surface area contributed by atoms with E-state index in [4.69, 9.17) is 4.74 Å². The van der Waals surface area contributed by atoms with Crippen LogP contribution in [0.2, 0.25) is 0 Å². The molecule has 0 bridgehead atoms. The predicted octanol–water partition coefficient (Wildman–Crippen LogP) is 2.01. The van der Waals surface area contributed by atoms with Gasteiger partial charge in [0.2, 0.25) is 0 Å². The first-order chi connectivity index (χ1) is 7.78. The Morgan fingerprint density at radius 3 is 3.12 bits per heavy atom. The number of hydrogen-bond acceptors (Lipinski definition) is 3. The molecule has 1 N–H and O–H groups in total. The summed E-state index contributed by atoms with van der Waals surface area (Å²) in [7, 11) is 1.81. The molecule has 16 heavy (non-hydrogen) atoms. The Bertz CT molecular complexity index is 405. The van der Waals surface area contributed by atoms with Gasteiger partial charge in [0.15, 0.2) is 0 Å². The van der Waals surface area contributed by atoms with Crippen molar-refractivity contribution in [3.63, 3.8) is 0 Å². The second-order valence-corrected chi connectivity index (χ2v) is 4.80.